The molecule has 6 heteroatoms. The molecule has 0 bridgehead atoms. The molecule has 1 aliphatic rings. The van der Waals surface area contributed by atoms with Crippen molar-refractivity contribution in [3.8, 4) is 0 Å². The molecule has 4 nitrogen and oxygen atoms in total. The number of rotatable bonds is 3. The van der Waals surface area contributed by atoms with Crippen LogP contribution in [-0.4, -0.2) is 24.0 Å². The van der Waals surface area contributed by atoms with E-state index >= 15 is 0 Å². The van der Waals surface area contributed by atoms with E-state index < -0.39 is 0 Å². The summed E-state index contributed by atoms with van der Waals surface area (Å²) in [6.45, 7) is 3.47. The van der Waals surface area contributed by atoms with Gasteiger partial charge in [0, 0.05) is 35.9 Å². The van der Waals surface area contributed by atoms with Gasteiger partial charge in [-0.1, -0.05) is 29.3 Å². The highest BCUT2D eigenvalue weighted by molar-refractivity contribution is 6.33. The molecule has 1 saturated heterocycles. The third-order valence-electron chi connectivity index (χ3n) is 4.34. The summed E-state index contributed by atoms with van der Waals surface area (Å²) in [5.41, 5.74) is 1.74. The number of pyridine rings is 1. The average Bonchev–Trinajstić information content (AvgIpc) is 2.59. The van der Waals surface area contributed by atoms with Crippen molar-refractivity contribution >= 4 is 40.6 Å². The number of carbonyl (C=O) groups excluding carboxylic acids is 1. The fourth-order valence-electron chi connectivity index (χ4n) is 2.88. The fraction of sp³-hybridized carbons (Fsp3) is 0.333. The van der Waals surface area contributed by atoms with Crippen LogP contribution < -0.4 is 10.2 Å². The van der Waals surface area contributed by atoms with Crippen LogP contribution in [0.3, 0.4) is 0 Å². The van der Waals surface area contributed by atoms with Crippen LogP contribution in [0.5, 0.6) is 0 Å². The third kappa shape index (κ3) is 3.82. The van der Waals surface area contributed by atoms with E-state index in [4.69, 9.17) is 23.2 Å². The maximum absolute atomic E-state index is 12.5. The zero-order valence-corrected chi connectivity index (χ0v) is 14.9. The summed E-state index contributed by atoms with van der Waals surface area (Å²) in [5, 5.41) is 4.27. The Hall–Kier alpha value is -1.78. The molecule has 1 aromatic heterocycles. The predicted octanol–water partition coefficient (Wildman–Crippen LogP) is 4.55. The van der Waals surface area contributed by atoms with Gasteiger partial charge in [0.15, 0.2) is 0 Å². The Morgan fingerprint density at radius 2 is 1.96 bits per heavy atom. The highest BCUT2D eigenvalue weighted by Gasteiger charge is 2.26. The molecule has 126 valence electrons. The van der Waals surface area contributed by atoms with Crippen molar-refractivity contribution in [2.24, 2.45) is 5.92 Å². The number of anilines is 2. The Morgan fingerprint density at radius 3 is 2.62 bits per heavy atom. The first kappa shape index (κ1) is 17.1. The Balaban J connectivity index is 1.59. The van der Waals surface area contributed by atoms with E-state index in [1.165, 1.54) is 0 Å². The summed E-state index contributed by atoms with van der Waals surface area (Å²) in [6.07, 6.45) is 3.29. The summed E-state index contributed by atoms with van der Waals surface area (Å²) in [7, 11) is 0. The summed E-state index contributed by atoms with van der Waals surface area (Å²) in [6, 6.07) is 9.23. The Kier molecular flexibility index (Phi) is 5.27. The van der Waals surface area contributed by atoms with Crippen molar-refractivity contribution in [2.75, 3.05) is 23.3 Å². The van der Waals surface area contributed by atoms with E-state index in [2.05, 4.69) is 15.2 Å². The molecule has 1 aromatic carbocycles. The molecule has 3 rings (SSSR count). The topological polar surface area (TPSA) is 45.2 Å². The second kappa shape index (κ2) is 7.41. The number of benzene rings is 1. The number of hydrogen-bond acceptors (Lipinski definition) is 3. The van der Waals surface area contributed by atoms with Gasteiger partial charge in [-0.05, 0) is 49.6 Å². The lowest BCUT2D eigenvalue weighted by atomic mass is 9.95. The molecule has 0 unspecified atom stereocenters. The SMILES string of the molecule is Cc1ccc(NC(=O)C2CCN(c3ncccc3Cl)CC2)cc1Cl. The van der Waals surface area contributed by atoms with Gasteiger partial charge in [-0.25, -0.2) is 4.98 Å². The Bertz CT molecular complexity index is 743. The standard InChI is InChI=1S/C18H19Cl2N3O/c1-12-4-5-14(11-16(12)20)22-18(24)13-6-9-23(10-7-13)17-15(19)3-2-8-21-17/h2-5,8,11,13H,6-7,9-10H2,1H3,(H,22,24). The molecule has 1 fully saturated rings. The Labute approximate surface area is 151 Å². The first-order valence-electron chi connectivity index (χ1n) is 7.97. The second-order valence-corrected chi connectivity index (χ2v) is 6.84. The van der Waals surface area contributed by atoms with Gasteiger partial charge in [-0.15, -0.1) is 0 Å². The fourth-order valence-corrected chi connectivity index (χ4v) is 3.30. The summed E-state index contributed by atoms with van der Waals surface area (Å²) < 4.78 is 0. The number of nitrogens with zero attached hydrogens (tertiary/aromatic N) is 2. The number of halogens is 2. The summed E-state index contributed by atoms with van der Waals surface area (Å²) >= 11 is 12.3. The predicted molar refractivity (Wildman–Crippen MR) is 99.0 cm³/mol. The lowest BCUT2D eigenvalue weighted by molar-refractivity contribution is -0.120. The van der Waals surface area contributed by atoms with Gasteiger partial charge in [0.1, 0.15) is 5.82 Å². The molecule has 1 amide bonds. The largest absolute Gasteiger partial charge is 0.355 e. The van der Waals surface area contributed by atoms with E-state index in [0.29, 0.717) is 10.0 Å². The number of piperidine rings is 1. The highest BCUT2D eigenvalue weighted by atomic mass is 35.5. The number of carbonyl (C=O) groups is 1. The van der Waals surface area contributed by atoms with E-state index in [9.17, 15) is 4.79 Å². The zero-order valence-electron chi connectivity index (χ0n) is 13.4. The molecule has 24 heavy (non-hydrogen) atoms. The van der Waals surface area contributed by atoms with E-state index in [0.717, 1.165) is 43.0 Å². The molecule has 0 saturated carbocycles. The number of hydrogen-bond donors (Lipinski definition) is 1. The molecule has 0 atom stereocenters. The van der Waals surface area contributed by atoms with Crippen molar-refractivity contribution in [1.82, 2.24) is 4.98 Å². The molecule has 1 N–H and O–H groups in total. The minimum atomic E-state index is -0.0104. The monoisotopic (exact) mass is 363 g/mol. The number of aryl methyl sites for hydroxylation is 1. The third-order valence-corrected chi connectivity index (χ3v) is 5.05. The molecule has 1 aliphatic heterocycles. The molecule has 0 spiro atoms. The zero-order chi connectivity index (χ0) is 17.1. The highest BCUT2D eigenvalue weighted by Crippen LogP contribution is 2.28. The molecular formula is C18H19Cl2N3O. The number of nitrogens with one attached hydrogen (secondary N) is 1. The van der Waals surface area contributed by atoms with Crippen LogP contribution in [0.4, 0.5) is 11.5 Å². The van der Waals surface area contributed by atoms with Crippen molar-refractivity contribution in [1.29, 1.82) is 0 Å². The van der Waals surface area contributed by atoms with Crippen molar-refractivity contribution in [2.45, 2.75) is 19.8 Å². The first-order valence-corrected chi connectivity index (χ1v) is 8.72. The smallest absolute Gasteiger partial charge is 0.227 e. The first-order chi connectivity index (χ1) is 11.5. The van der Waals surface area contributed by atoms with Gasteiger partial charge in [-0.2, -0.15) is 0 Å². The molecule has 2 heterocycles. The molecule has 0 radical (unpaired) electrons. The van der Waals surface area contributed by atoms with Gasteiger partial charge in [0.25, 0.3) is 0 Å². The van der Waals surface area contributed by atoms with Gasteiger partial charge in [0.2, 0.25) is 5.91 Å². The average molecular weight is 364 g/mol. The normalized spacial score (nSPS) is 15.4. The quantitative estimate of drug-likeness (QED) is 0.869. The van der Waals surface area contributed by atoms with E-state index in [1.807, 2.05) is 31.2 Å². The summed E-state index contributed by atoms with van der Waals surface area (Å²) in [5.74, 6) is 0.828. The minimum Gasteiger partial charge on any atom is -0.355 e. The maximum Gasteiger partial charge on any atom is 0.227 e. The van der Waals surface area contributed by atoms with Crippen LogP contribution in [0, 0.1) is 12.8 Å². The van der Waals surface area contributed by atoms with E-state index in [1.54, 1.807) is 12.3 Å². The Morgan fingerprint density at radius 1 is 1.21 bits per heavy atom. The molecule has 0 aliphatic carbocycles. The van der Waals surface area contributed by atoms with Gasteiger partial charge >= 0.3 is 0 Å². The minimum absolute atomic E-state index is 0.0104. The number of amides is 1. The second-order valence-electron chi connectivity index (χ2n) is 6.02. The molecule has 2 aromatic rings. The van der Waals surface area contributed by atoms with Crippen molar-refractivity contribution in [3.63, 3.8) is 0 Å². The van der Waals surface area contributed by atoms with Crippen LogP contribution >= 0.6 is 23.2 Å². The maximum atomic E-state index is 12.5. The molecular weight excluding hydrogens is 345 g/mol. The van der Waals surface area contributed by atoms with Crippen LogP contribution in [0.15, 0.2) is 36.5 Å². The van der Waals surface area contributed by atoms with Crippen LogP contribution in [0.2, 0.25) is 10.0 Å². The van der Waals surface area contributed by atoms with Crippen molar-refractivity contribution < 1.29 is 4.79 Å². The van der Waals surface area contributed by atoms with Gasteiger partial charge < -0.3 is 10.2 Å². The lowest BCUT2D eigenvalue weighted by Crippen LogP contribution is -2.38. The van der Waals surface area contributed by atoms with Crippen molar-refractivity contribution in [3.05, 3.63) is 52.1 Å². The van der Waals surface area contributed by atoms with E-state index in [-0.39, 0.29) is 11.8 Å². The van der Waals surface area contributed by atoms with Gasteiger partial charge in [-0.3, -0.25) is 4.79 Å². The lowest BCUT2D eigenvalue weighted by Gasteiger charge is -2.32. The van der Waals surface area contributed by atoms with Crippen LogP contribution in [0.1, 0.15) is 18.4 Å². The summed E-state index contributed by atoms with van der Waals surface area (Å²) in [4.78, 5) is 18.9. The van der Waals surface area contributed by atoms with Crippen LogP contribution in [0.25, 0.3) is 0 Å². The number of aromatic nitrogens is 1. The van der Waals surface area contributed by atoms with Crippen LogP contribution in [-0.2, 0) is 4.79 Å². The van der Waals surface area contributed by atoms with Gasteiger partial charge in [0.05, 0.1) is 5.02 Å².